The Morgan fingerprint density at radius 2 is 1.50 bits per heavy atom. The van der Waals surface area contributed by atoms with Crippen LogP contribution in [0.5, 0.6) is 5.75 Å². The van der Waals surface area contributed by atoms with E-state index in [2.05, 4.69) is 0 Å². The number of fused-ring (bicyclic) bond motifs is 1. The maximum atomic E-state index is 13.4. The average Bonchev–Trinajstić information content (AvgIpc) is 3.05. The van der Waals surface area contributed by atoms with Crippen molar-refractivity contribution in [2.45, 2.75) is 13.8 Å². The predicted molar refractivity (Wildman–Crippen MR) is 103 cm³/mol. The fraction of sp³-hybridized carbons (Fsp3) is 0.0870. The van der Waals surface area contributed by atoms with Gasteiger partial charge in [-0.3, -0.25) is 4.79 Å². The molecule has 1 heterocycles. The van der Waals surface area contributed by atoms with Gasteiger partial charge in [-0.2, -0.15) is 0 Å². The Morgan fingerprint density at radius 3 is 2.19 bits per heavy atom. The molecule has 3 nitrogen and oxygen atoms in total. The van der Waals surface area contributed by atoms with Gasteiger partial charge in [0.15, 0.2) is 5.78 Å². The topological polar surface area (TPSA) is 50.4 Å². The number of hydrogen-bond acceptors (Lipinski definition) is 3. The van der Waals surface area contributed by atoms with Gasteiger partial charge in [0.1, 0.15) is 17.1 Å². The number of phenolic OH excluding ortho intramolecular Hbond substituents is 1. The number of carbonyl (C=O) groups is 1. The van der Waals surface area contributed by atoms with Crippen LogP contribution in [0.2, 0.25) is 0 Å². The first-order valence-electron chi connectivity index (χ1n) is 8.48. The van der Waals surface area contributed by atoms with Crippen LogP contribution in [0, 0.1) is 13.8 Å². The van der Waals surface area contributed by atoms with Gasteiger partial charge in [0.2, 0.25) is 0 Å². The molecule has 4 rings (SSSR count). The number of phenols is 1. The highest BCUT2D eigenvalue weighted by Gasteiger charge is 2.23. The van der Waals surface area contributed by atoms with Gasteiger partial charge >= 0.3 is 0 Å². The highest BCUT2D eigenvalue weighted by molar-refractivity contribution is 6.19. The molecular formula is C23H18O3. The van der Waals surface area contributed by atoms with Crippen molar-refractivity contribution < 1.29 is 14.3 Å². The molecular weight excluding hydrogens is 324 g/mol. The van der Waals surface area contributed by atoms with Crippen molar-refractivity contribution in [3.05, 3.63) is 89.0 Å². The fourth-order valence-corrected chi connectivity index (χ4v) is 3.30. The van der Waals surface area contributed by atoms with E-state index in [-0.39, 0.29) is 11.5 Å². The molecule has 0 radical (unpaired) electrons. The second-order valence-electron chi connectivity index (χ2n) is 6.46. The van der Waals surface area contributed by atoms with E-state index in [0.29, 0.717) is 33.6 Å². The maximum absolute atomic E-state index is 13.4. The van der Waals surface area contributed by atoms with Crippen LogP contribution in [0.4, 0.5) is 0 Å². The molecule has 0 bridgehead atoms. The van der Waals surface area contributed by atoms with E-state index >= 15 is 0 Å². The lowest BCUT2D eigenvalue weighted by Gasteiger charge is -2.08. The van der Waals surface area contributed by atoms with Crippen LogP contribution in [-0.2, 0) is 0 Å². The molecule has 0 amide bonds. The summed E-state index contributed by atoms with van der Waals surface area (Å²) in [6.07, 6.45) is 0. The Balaban J connectivity index is 1.97. The number of hydrogen-bond donors (Lipinski definition) is 1. The SMILES string of the molecule is Cc1cc(C(=O)c2c(-c3ccccc3)oc3ccccc23)cc(C)c1O. The molecule has 1 N–H and O–H groups in total. The first-order valence-corrected chi connectivity index (χ1v) is 8.48. The van der Waals surface area contributed by atoms with Gasteiger partial charge in [-0.25, -0.2) is 0 Å². The van der Waals surface area contributed by atoms with E-state index in [0.717, 1.165) is 10.9 Å². The van der Waals surface area contributed by atoms with Crippen molar-refractivity contribution in [1.29, 1.82) is 0 Å². The maximum Gasteiger partial charge on any atom is 0.197 e. The van der Waals surface area contributed by atoms with Crippen molar-refractivity contribution in [3.8, 4) is 17.1 Å². The fourth-order valence-electron chi connectivity index (χ4n) is 3.30. The highest BCUT2D eigenvalue weighted by atomic mass is 16.3. The van der Waals surface area contributed by atoms with E-state index in [4.69, 9.17) is 4.42 Å². The molecule has 0 unspecified atom stereocenters. The summed E-state index contributed by atoms with van der Waals surface area (Å²) in [5.74, 6) is 0.682. The Kier molecular flexibility index (Phi) is 3.85. The van der Waals surface area contributed by atoms with E-state index < -0.39 is 0 Å². The number of rotatable bonds is 3. The molecule has 0 saturated heterocycles. The molecule has 0 saturated carbocycles. The Bertz CT molecular complexity index is 1100. The third kappa shape index (κ3) is 2.58. The van der Waals surface area contributed by atoms with Crippen molar-refractivity contribution in [2.24, 2.45) is 0 Å². The number of benzene rings is 3. The highest BCUT2D eigenvalue weighted by Crippen LogP contribution is 2.36. The van der Waals surface area contributed by atoms with Crippen molar-refractivity contribution in [1.82, 2.24) is 0 Å². The zero-order chi connectivity index (χ0) is 18.3. The summed E-state index contributed by atoms with van der Waals surface area (Å²) in [7, 11) is 0. The Labute approximate surface area is 151 Å². The summed E-state index contributed by atoms with van der Waals surface area (Å²) in [4.78, 5) is 13.4. The van der Waals surface area contributed by atoms with E-state index in [9.17, 15) is 9.90 Å². The standard InChI is InChI=1S/C23H18O3/c1-14-12-17(13-15(2)21(14)24)22(25)20-18-10-6-7-11-19(18)26-23(20)16-8-4-3-5-9-16/h3-13,24H,1-2H3. The normalized spacial score (nSPS) is 11.0. The van der Waals surface area contributed by atoms with Crippen molar-refractivity contribution in [3.63, 3.8) is 0 Å². The summed E-state index contributed by atoms with van der Waals surface area (Å²) < 4.78 is 6.04. The smallest absolute Gasteiger partial charge is 0.197 e. The van der Waals surface area contributed by atoms with Crippen LogP contribution < -0.4 is 0 Å². The summed E-state index contributed by atoms with van der Waals surface area (Å²) in [5, 5.41) is 10.8. The largest absolute Gasteiger partial charge is 0.507 e. The summed E-state index contributed by atoms with van der Waals surface area (Å²) in [6.45, 7) is 3.59. The van der Waals surface area contributed by atoms with Gasteiger partial charge in [-0.05, 0) is 43.2 Å². The number of furan rings is 1. The molecule has 4 aromatic rings. The summed E-state index contributed by atoms with van der Waals surface area (Å²) >= 11 is 0. The second kappa shape index (κ2) is 6.19. The third-order valence-corrected chi connectivity index (χ3v) is 4.61. The minimum atomic E-state index is -0.111. The molecule has 128 valence electrons. The Morgan fingerprint density at radius 1 is 0.885 bits per heavy atom. The van der Waals surface area contributed by atoms with Crippen molar-refractivity contribution >= 4 is 16.8 Å². The molecule has 0 aliphatic heterocycles. The molecule has 1 aromatic heterocycles. The molecule has 0 aliphatic rings. The first-order chi connectivity index (χ1) is 12.6. The van der Waals surface area contributed by atoms with Crippen LogP contribution in [0.15, 0.2) is 71.1 Å². The minimum absolute atomic E-state index is 0.111. The second-order valence-corrected chi connectivity index (χ2v) is 6.46. The van der Waals surface area contributed by atoms with Gasteiger partial charge in [-0.15, -0.1) is 0 Å². The number of aromatic hydroxyl groups is 1. The van der Waals surface area contributed by atoms with Crippen LogP contribution in [0.1, 0.15) is 27.0 Å². The van der Waals surface area contributed by atoms with Crippen LogP contribution >= 0.6 is 0 Å². The van der Waals surface area contributed by atoms with Gasteiger partial charge in [0, 0.05) is 16.5 Å². The van der Waals surface area contributed by atoms with Gasteiger partial charge in [0.25, 0.3) is 0 Å². The average molecular weight is 342 g/mol. The minimum Gasteiger partial charge on any atom is -0.507 e. The van der Waals surface area contributed by atoms with E-state index in [1.807, 2.05) is 54.6 Å². The summed E-state index contributed by atoms with van der Waals surface area (Å²) in [6, 6.07) is 20.6. The number of ketones is 1. The monoisotopic (exact) mass is 342 g/mol. The quantitative estimate of drug-likeness (QED) is 0.489. The van der Waals surface area contributed by atoms with E-state index in [1.165, 1.54) is 0 Å². The molecule has 26 heavy (non-hydrogen) atoms. The molecule has 3 heteroatoms. The number of carbonyl (C=O) groups excluding carboxylic acids is 1. The molecule has 0 fully saturated rings. The predicted octanol–water partition coefficient (Wildman–Crippen LogP) is 5.65. The zero-order valence-electron chi connectivity index (χ0n) is 14.6. The lowest BCUT2D eigenvalue weighted by Crippen LogP contribution is -2.03. The van der Waals surface area contributed by atoms with Crippen LogP contribution in [0.3, 0.4) is 0 Å². The number of para-hydroxylation sites is 1. The lowest BCUT2D eigenvalue weighted by atomic mass is 9.95. The van der Waals surface area contributed by atoms with Crippen LogP contribution in [-0.4, -0.2) is 10.9 Å². The van der Waals surface area contributed by atoms with E-state index in [1.54, 1.807) is 26.0 Å². The van der Waals surface area contributed by atoms with Gasteiger partial charge in [0.05, 0.1) is 5.56 Å². The number of aryl methyl sites for hydroxylation is 2. The van der Waals surface area contributed by atoms with Crippen LogP contribution in [0.25, 0.3) is 22.3 Å². The molecule has 0 spiro atoms. The Hall–Kier alpha value is -3.33. The molecule has 0 atom stereocenters. The zero-order valence-corrected chi connectivity index (χ0v) is 14.6. The third-order valence-electron chi connectivity index (χ3n) is 4.61. The lowest BCUT2D eigenvalue weighted by molar-refractivity contribution is 0.104. The van der Waals surface area contributed by atoms with Crippen molar-refractivity contribution in [2.75, 3.05) is 0 Å². The first kappa shape index (κ1) is 16.2. The van der Waals surface area contributed by atoms with Gasteiger partial charge < -0.3 is 9.52 Å². The molecule has 0 aliphatic carbocycles. The summed E-state index contributed by atoms with van der Waals surface area (Å²) in [5.41, 5.74) is 4.00. The van der Waals surface area contributed by atoms with Gasteiger partial charge in [-0.1, -0.05) is 48.5 Å². The molecule has 3 aromatic carbocycles.